The molecule has 9 nitrogen and oxygen atoms in total. The third-order valence-corrected chi connectivity index (χ3v) is 4.39. The molecule has 0 bridgehead atoms. The van der Waals surface area contributed by atoms with Gasteiger partial charge in [-0.1, -0.05) is 12.1 Å². The maximum Gasteiger partial charge on any atom is 0.407 e. The molecule has 1 aromatic carbocycles. The van der Waals surface area contributed by atoms with E-state index in [-0.39, 0.29) is 5.69 Å². The van der Waals surface area contributed by atoms with Crippen molar-refractivity contribution in [3.63, 3.8) is 0 Å². The predicted octanol–water partition coefficient (Wildman–Crippen LogP) is 3.15. The molecule has 168 valence electrons. The molecule has 0 saturated carbocycles. The van der Waals surface area contributed by atoms with Crippen molar-refractivity contribution in [2.45, 2.75) is 46.6 Å². The van der Waals surface area contributed by atoms with Crippen molar-refractivity contribution in [2.24, 2.45) is 5.73 Å². The van der Waals surface area contributed by atoms with Crippen molar-refractivity contribution in [1.82, 2.24) is 15.3 Å². The van der Waals surface area contributed by atoms with Crippen LogP contribution in [0.15, 0.2) is 24.3 Å². The van der Waals surface area contributed by atoms with Gasteiger partial charge in [0.15, 0.2) is 17.3 Å². The fraction of sp³-hybridized carbons (Fsp3) is 0.455. The normalized spacial score (nSPS) is 11.0. The van der Waals surface area contributed by atoms with E-state index < -0.39 is 17.6 Å². The van der Waals surface area contributed by atoms with Crippen LogP contribution in [-0.2, 0) is 11.2 Å². The smallest absolute Gasteiger partial charge is 0.407 e. The van der Waals surface area contributed by atoms with Gasteiger partial charge in [-0.05, 0) is 58.7 Å². The molecule has 0 aliphatic carbocycles. The molecule has 0 fully saturated rings. The molecule has 0 saturated heterocycles. The van der Waals surface area contributed by atoms with Gasteiger partial charge in [0, 0.05) is 25.8 Å². The number of carbonyl (C=O) groups excluding carboxylic acids is 2. The number of nitrogens with two attached hydrogens (primary N) is 1. The Morgan fingerprint density at radius 2 is 1.94 bits per heavy atom. The second kappa shape index (κ2) is 10.1. The molecular weight excluding hydrogens is 396 g/mol. The van der Waals surface area contributed by atoms with Crippen molar-refractivity contribution in [2.75, 3.05) is 30.4 Å². The van der Waals surface area contributed by atoms with Crippen LogP contribution in [0.5, 0.6) is 0 Å². The van der Waals surface area contributed by atoms with E-state index in [0.717, 1.165) is 17.8 Å². The lowest BCUT2D eigenvalue weighted by Crippen LogP contribution is -2.33. The first kappa shape index (κ1) is 23.9. The first-order chi connectivity index (χ1) is 14.5. The number of hydrogen-bond donors (Lipinski definition) is 3. The number of nitrogens with one attached hydrogen (secondary N) is 2. The Kier molecular flexibility index (Phi) is 7.79. The van der Waals surface area contributed by atoms with Crippen molar-refractivity contribution in [3.05, 3.63) is 41.2 Å². The van der Waals surface area contributed by atoms with Gasteiger partial charge in [-0.25, -0.2) is 14.8 Å². The number of carbonyl (C=O) groups is 2. The maximum atomic E-state index is 11.9. The Bertz CT molecular complexity index is 939. The van der Waals surface area contributed by atoms with E-state index in [1.54, 1.807) is 6.92 Å². The summed E-state index contributed by atoms with van der Waals surface area (Å²) in [6.07, 6.45) is 0.163. The van der Waals surface area contributed by atoms with Gasteiger partial charge >= 0.3 is 6.09 Å². The highest BCUT2D eigenvalue weighted by atomic mass is 16.6. The second-order valence-electron chi connectivity index (χ2n) is 8.21. The number of alkyl carbamates (subject to hydrolysis) is 1. The van der Waals surface area contributed by atoms with Crippen LogP contribution >= 0.6 is 0 Å². The Morgan fingerprint density at radius 1 is 1.23 bits per heavy atom. The molecule has 0 atom stereocenters. The molecule has 2 rings (SSSR count). The molecule has 31 heavy (non-hydrogen) atoms. The minimum Gasteiger partial charge on any atom is -0.444 e. The summed E-state index contributed by atoms with van der Waals surface area (Å²) in [4.78, 5) is 34.6. The van der Waals surface area contributed by atoms with Gasteiger partial charge in [0.2, 0.25) is 0 Å². The first-order valence-electron chi connectivity index (χ1n) is 10.2. The number of hydrogen-bond acceptors (Lipinski definition) is 7. The van der Waals surface area contributed by atoms with Gasteiger partial charge in [-0.2, -0.15) is 0 Å². The van der Waals surface area contributed by atoms with Crippen LogP contribution in [0, 0.1) is 6.92 Å². The summed E-state index contributed by atoms with van der Waals surface area (Å²) in [6, 6.07) is 7.62. The van der Waals surface area contributed by atoms with Crippen molar-refractivity contribution in [1.29, 1.82) is 0 Å². The average molecular weight is 429 g/mol. The molecule has 0 aliphatic rings. The van der Waals surface area contributed by atoms with E-state index >= 15 is 0 Å². The van der Waals surface area contributed by atoms with E-state index in [2.05, 4.69) is 20.6 Å². The van der Waals surface area contributed by atoms with Crippen LogP contribution in [0.1, 0.15) is 49.4 Å². The second-order valence-corrected chi connectivity index (χ2v) is 8.21. The Labute approximate surface area is 183 Å². The first-order valence-corrected chi connectivity index (χ1v) is 10.2. The minimum atomic E-state index is -0.651. The number of rotatable bonds is 8. The van der Waals surface area contributed by atoms with Crippen LogP contribution < -0.4 is 21.3 Å². The number of ether oxygens (including phenoxy) is 1. The molecule has 0 unspecified atom stereocenters. The Morgan fingerprint density at radius 3 is 2.55 bits per heavy atom. The summed E-state index contributed by atoms with van der Waals surface area (Å²) in [5.74, 6) is 0.326. The van der Waals surface area contributed by atoms with Gasteiger partial charge < -0.3 is 26.0 Å². The highest BCUT2D eigenvalue weighted by Crippen LogP contribution is 2.24. The molecule has 1 heterocycles. The molecular formula is C22H32N6O3. The quantitative estimate of drug-likeness (QED) is 0.590. The number of anilines is 3. The average Bonchev–Trinajstić information content (AvgIpc) is 2.67. The summed E-state index contributed by atoms with van der Waals surface area (Å²) in [5, 5.41) is 5.90. The van der Waals surface area contributed by atoms with Crippen LogP contribution in [-0.4, -0.2) is 47.7 Å². The van der Waals surface area contributed by atoms with Gasteiger partial charge in [-0.3, -0.25) is 4.79 Å². The van der Waals surface area contributed by atoms with Crippen LogP contribution in [0.4, 0.5) is 22.1 Å². The standard InChI is InChI=1S/C22H32N6O3/c1-7-28(6)20-14(2)25-17(18(23)29)19(27-20)26-16-10-8-9-15(13-16)11-12-24-21(30)31-22(3,4)5/h8-10,13H,7,11-12H2,1-6H3,(H2,23,29)(H,24,30)(H,26,27). The van der Waals surface area contributed by atoms with Crippen LogP contribution in [0.2, 0.25) is 0 Å². The summed E-state index contributed by atoms with van der Waals surface area (Å²) in [7, 11) is 1.91. The monoisotopic (exact) mass is 428 g/mol. The number of amides is 2. The van der Waals surface area contributed by atoms with E-state index in [4.69, 9.17) is 10.5 Å². The largest absolute Gasteiger partial charge is 0.444 e. The number of aromatic nitrogens is 2. The van der Waals surface area contributed by atoms with Gasteiger partial charge in [0.1, 0.15) is 5.60 Å². The lowest BCUT2D eigenvalue weighted by atomic mass is 10.1. The van der Waals surface area contributed by atoms with Crippen molar-refractivity contribution in [3.8, 4) is 0 Å². The van der Waals surface area contributed by atoms with E-state index in [0.29, 0.717) is 30.3 Å². The minimum absolute atomic E-state index is 0.0859. The van der Waals surface area contributed by atoms with E-state index in [9.17, 15) is 9.59 Å². The molecule has 1 aromatic heterocycles. The Hall–Kier alpha value is -3.36. The summed E-state index contributed by atoms with van der Waals surface area (Å²) in [5.41, 5.74) is 7.43. The summed E-state index contributed by atoms with van der Waals surface area (Å²) >= 11 is 0. The fourth-order valence-corrected chi connectivity index (χ4v) is 2.85. The molecule has 0 aliphatic heterocycles. The van der Waals surface area contributed by atoms with Crippen molar-refractivity contribution >= 4 is 29.3 Å². The maximum absolute atomic E-state index is 11.9. The van der Waals surface area contributed by atoms with E-state index in [1.807, 2.05) is 63.9 Å². The molecule has 4 N–H and O–H groups in total. The highest BCUT2D eigenvalue weighted by molar-refractivity contribution is 5.96. The van der Waals surface area contributed by atoms with Crippen LogP contribution in [0.3, 0.4) is 0 Å². The third kappa shape index (κ3) is 7.13. The van der Waals surface area contributed by atoms with Gasteiger partial charge in [0.25, 0.3) is 5.91 Å². The topological polar surface area (TPSA) is 122 Å². The summed E-state index contributed by atoms with van der Waals surface area (Å²) in [6.45, 7) is 10.4. The van der Waals surface area contributed by atoms with Gasteiger partial charge in [0.05, 0.1) is 5.69 Å². The zero-order valence-corrected chi connectivity index (χ0v) is 19.1. The molecule has 9 heteroatoms. The SMILES string of the molecule is CCN(C)c1nc(Nc2cccc(CCNC(=O)OC(C)(C)C)c2)c(C(N)=O)nc1C. The predicted molar refractivity (Wildman–Crippen MR) is 122 cm³/mol. The molecule has 2 amide bonds. The Balaban J connectivity index is 2.15. The molecule has 2 aromatic rings. The lowest BCUT2D eigenvalue weighted by Gasteiger charge is -2.20. The highest BCUT2D eigenvalue weighted by Gasteiger charge is 2.18. The molecule has 0 spiro atoms. The third-order valence-electron chi connectivity index (χ3n) is 4.39. The lowest BCUT2D eigenvalue weighted by molar-refractivity contribution is 0.0528. The number of aryl methyl sites for hydroxylation is 1. The van der Waals surface area contributed by atoms with Crippen LogP contribution in [0.25, 0.3) is 0 Å². The van der Waals surface area contributed by atoms with E-state index in [1.165, 1.54) is 0 Å². The van der Waals surface area contributed by atoms with Crippen molar-refractivity contribution < 1.29 is 14.3 Å². The fourth-order valence-electron chi connectivity index (χ4n) is 2.85. The zero-order chi connectivity index (χ0) is 23.2. The zero-order valence-electron chi connectivity index (χ0n) is 19.1. The molecule has 0 radical (unpaired) electrons. The van der Waals surface area contributed by atoms with Gasteiger partial charge in [-0.15, -0.1) is 0 Å². The summed E-state index contributed by atoms with van der Waals surface area (Å²) < 4.78 is 5.24. The number of benzene rings is 1. The number of nitrogens with zero attached hydrogens (tertiary/aromatic N) is 3. The number of primary amides is 1.